The lowest BCUT2D eigenvalue weighted by Crippen LogP contribution is -1.96. The Kier molecular flexibility index (Phi) is 4.54. The number of nitrogens with zero attached hydrogens (tertiary/aromatic N) is 1. The van der Waals surface area contributed by atoms with Gasteiger partial charge in [-0.05, 0) is 46.3 Å². The number of hydrogen-bond donors (Lipinski definition) is 0. The second-order valence-corrected chi connectivity index (χ2v) is 6.78. The summed E-state index contributed by atoms with van der Waals surface area (Å²) >= 11 is 3.09. The molecule has 0 N–H and O–H groups in total. The van der Waals surface area contributed by atoms with Gasteiger partial charge in [0.15, 0.2) is 9.84 Å². The van der Waals surface area contributed by atoms with E-state index in [4.69, 9.17) is 0 Å². The summed E-state index contributed by atoms with van der Waals surface area (Å²) < 4.78 is 24.5. The summed E-state index contributed by atoms with van der Waals surface area (Å²) in [6, 6.07) is 12.5. The second-order valence-electron chi connectivity index (χ2n) is 4.10. The van der Waals surface area contributed by atoms with Gasteiger partial charge in [-0.2, -0.15) is 0 Å². The van der Waals surface area contributed by atoms with Crippen LogP contribution in [0.5, 0.6) is 0 Å². The summed E-state index contributed by atoms with van der Waals surface area (Å²) in [5, 5.41) is 12.0. The molecule has 0 aliphatic rings. The lowest BCUT2D eigenvalue weighted by Gasteiger charge is -2.01. The Morgan fingerprint density at radius 1 is 1.05 bits per heavy atom. The maximum absolute atomic E-state index is 12.1. The maximum atomic E-state index is 12.1. The first-order valence-electron chi connectivity index (χ1n) is 5.83. The van der Waals surface area contributed by atoms with Gasteiger partial charge in [0.25, 0.3) is 5.69 Å². The molecule has 0 aromatic heterocycles. The van der Waals surface area contributed by atoms with Crippen LogP contribution < -0.4 is 0 Å². The largest absolute Gasteiger partial charge is 0.290 e. The Morgan fingerprint density at radius 2 is 1.71 bits per heavy atom. The van der Waals surface area contributed by atoms with Crippen molar-refractivity contribution in [2.75, 3.05) is 0 Å². The molecule has 0 radical (unpaired) electrons. The highest BCUT2D eigenvalue weighted by atomic mass is 79.9. The van der Waals surface area contributed by atoms with E-state index < -0.39 is 14.8 Å². The van der Waals surface area contributed by atoms with E-state index in [2.05, 4.69) is 15.9 Å². The maximum Gasteiger partial charge on any atom is 0.290 e. The first-order chi connectivity index (χ1) is 9.92. The Balaban J connectivity index is 2.43. The number of para-hydroxylation sites is 1. The molecule has 2 rings (SSSR count). The van der Waals surface area contributed by atoms with Gasteiger partial charge in [0.1, 0.15) is 0 Å². The average molecular weight is 368 g/mol. The Bertz CT molecular complexity index is 801. The highest BCUT2D eigenvalue weighted by molar-refractivity contribution is 9.10. The van der Waals surface area contributed by atoms with Gasteiger partial charge in [0.05, 0.1) is 19.9 Å². The Morgan fingerprint density at radius 3 is 2.33 bits per heavy atom. The topological polar surface area (TPSA) is 77.3 Å². The highest BCUT2D eigenvalue weighted by Gasteiger charge is 2.17. The van der Waals surface area contributed by atoms with E-state index >= 15 is 0 Å². The van der Waals surface area contributed by atoms with Gasteiger partial charge >= 0.3 is 0 Å². The molecule has 5 nitrogen and oxygen atoms in total. The predicted octanol–water partition coefficient (Wildman–Crippen LogP) is 3.80. The van der Waals surface area contributed by atoms with Gasteiger partial charge in [0.2, 0.25) is 0 Å². The van der Waals surface area contributed by atoms with Gasteiger partial charge in [-0.15, -0.1) is 0 Å². The normalized spacial score (nSPS) is 11.7. The first kappa shape index (κ1) is 15.4. The van der Waals surface area contributed by atoms with Crippen molar-refractivity contribution in [2.24, 2.45) is 0 Å². The summed E-state index contributed by atoms with van der Waals surface area (Å²) in [6.45, 7) is 0. The van der Waals surface area contributed by atoms with E-state index in [1.165, 1.54) is 30.3 Å². The third-order valence-electron chi connectivity index (χ3n) is 2.70. The molecule has 108 valence electrons. The van der Waals surface area contributed by atoms with Gasteiger partial charge in [-0.3, -0.25) is 10.1 Å². The summed E-state index contributed by atoms with van der Waals surface area (Å²) in [6.07, 6.45) is 1.23. The molecule has 0 aliphatic carbocycles. The van der Waals surface area contributed by atoms with Gasteiger partial charge in [-0.1, -0.05) is 24.3 Å². The van der Waals surface area contributed by atoms with Gasteiger partial charge < -0.3 is 0 Å². The molecule has 2 aromatic rings. The zero-order valence-electron chi connectivity index (χ0n) is 10.6. The molecule has 0 unspecified atom stereocenters. The molecule has 21 heavy (non-hydrogen) atoms. The quantitative estimate of drug-likeness (QED) is 0.608. The fourth-order valence-electron chi connectivity index (χ4n) is 1.71. The molecule has 7 heteroatoms. The Labute approximate surface area is 130 Å². The minimum absolute atomic E-state index is 0.138. The number of nitro groups is 1. The molecule has 0 amide bonds. The number of rotatable bonds is 4. The van der Waals surface area contributed by atoms with Crippen molar-refractivity contribution in [1.29, 1.82) is 0 Å². The molecule has 0 fully saturated rings. The Hall–Kier alpha value is -1.99. The van der Waals surface area contributed by atoms with E-state index in [0.29, 0.717) is 4.47 Å². The first-order valence-corrected chi connectivity index (χ1v) is 8.17. The van der Waals surface area contributed by atoms with Crippen molar-refractivity contribution < 1.29 is 13.3 Å². The van der Waals surface area contributed by atoms with Crippen LogP contribution in [0.25, 0.3) is 6.08 Å². The van der Waals surface area contributed by atoms with Crippen molar-refractivity contribution in [1.82, 2.24) is 0 Å². The smallest absolute Gasteiger partial charge is 0.258 e. The molecule has 0 bridgehead atoms. The van der Waals surface area contributed by atoms with Crippen LogP contribution in [0.15, 0.2) is 63.3 Å². The molecule has 2 aromatic carbocycles. The van der Waals surface area contributed by atoms with E-state index in [-0.39, 0.29) is 16.1 Å². The van der Waals surface area contributed by atoms with Crippen LogP contribution in [0.4, 0.5) is 5.69 Å². The lowest BCUT2D eigenvalue weighted by molar-refractivity contribution is -0.385. The van der Waals surface area contributed by atoms with Crippen LogP contribution in [0, 0.1) is 10.1 Å². The SMILES string of the molecule is O=[N+]([O-])c1c(Br)cccc1/C=C/S(=O)(=O)c1ccccc1. The van der Waals surface area contributed by atoms with Crippen molar-refractivity contribution >= 4 is 37.5 Å². The van der Waals surface area contributed by atoms with Crippen molar-refractivity contribution in [3.05, 3.63) is 74.1 Å². The molecular weight excluding hydrogens is 358 g/mol. The van der Waals surface area contributed by atoms with E-state index in [9.17, 15) is 18.5 Å². The molecule has 0 saturated heterocycles. The van der Waals surface area contributed by atoms with Gasteiger partial charge in [-0.25, -0.2) is 8.42 Å². The summed E-state index contributed by atoms with van der Waals surface area (Å²) in [5.41, 5.74) is 0.0471. The lowest BCUT2D eigenvalue weighted by atomic mass is 10.2. The summed E-state index contributed by atoms with van der Waals surface area (Å²) in [7, 11) is -3.63. The average Bonchev–Trinajstić information content (AvgIpc) is 2.46. The van der Waals surface area contributed by atoms with E-state index in [1.54, 1.807) is 24.3 Å². The fraction of sp³-hybridized carbons (Fsp3) is 0. The minimum Gasteiger partial charge on any atom is -0.258 e. The number of sulfone groups is 1. The molecule has 0 atom stereocenters. The molecule has 0 heterocycles. The molecule has 0 saturated carbocycles. The third kappa shape index (κ3) is 3.56. The molecule has 0 spiro atoms. The minimum atomic E-state index is -3.63. The number of benzene rings is 2. The second kappa shape index (κ2) is 6.19. The van der Waals surface area contributed by atoms with E-state index in [1.807, 2.05) is 0 Å². The zero-order valence-corrected chi connectivity index (χ0v) is 13.0. The highest BCUT2D eigenvalue weighted by Crippen LogP contribution is 2.29. The van der Waals surface area contributed by atoms with Crippen LogP contribution in [-0.2, 0) is 9.84 Å². The van der Waals surface area contributed by atoms with Crippen LogP contribution >= 0.6 is 15.9 Å². The standard InChI is InChI=1S/C14H10BrNO4S/c15-13-8-4-5-11(14(13)16(17)18)9-10-21(19,20)12-6-2-1-3-7-12/h1-10H/b10-9+. The van der Waals surface area contributed by atoms with Crippen molar-refractivity contribution in [3.8, 4) is 0 Å². The summed E-state index contributed by atoms with van der Waals surface area (Å²) in [4.78, 5) is 10.6. The monoisotopic (exact) mass is 367 g/mol. The fourth-order valence-corrected chi connectivity index (χ4v) is 3.26. The predicted molar refractivity (Wildman–Crippen MR) is 83.5 cm³/mol. The van der Waals surface area contributed by atoms with Crippen LogP contribution in [0.1, 0.15) is 5.56 Å². The summed E-state index contributed by atoms with van der Waals surface area (Å²) in [5.74, 6) is 0. The van der Waals surface area contributed by atoms with Crippen LogP contribution in [0.2, 0.25) is 0 Å². The third-order valence-corrected chi connectivity index (χ3v) is 4.76. The number of hydrogen-bond acceptors (Lipinski definition) is 4. The zero-order chi connectivity index (χ0) is 15.5. The molecule has 0 aliphatic heterocycles. The van der Waals surface area contributed by atoms with Gasteiger partial charge in [0, 0.05) is 5.41 Å². The van der Waals surface area contributed by atoms with Crippen molar-refractivity contribution in [2.45, 2.75) is 4.90 Å². The molecular formula is C14H10BrNO4S. The van der Waals surface area contributed by atoms with E-state index in [0.717, 1.165) is 5.41 Å². The van der Waals surface area contributed by atoms with Crippen LogP contribution in [-0.4, -0.2) is 13.3 Å². The van der Waals surface area contributed by atoms with Crippen molar-refractivity contribution in [3.63, 3.8) is 0 Å². The van der Waals surface area contributed by atoms with Crippen LogP contribution in [0.3, 0.4) is 0 Å². The number of halogens is 1. The number of nitro benzene ring substituents is 1.